The van der Waals surface area contributed by atoms with Gasteiger partial charge < -0.3 is 9.80 Å². The van der Waals surface area contributed by atoms with Crippen molar-refractivity contribution in [2.24, 2.45) is 0 Å². The number of piperazine rings is 1. The molecule has 1 aliphatic heterocycles. The van der Waals surface area contributed by atoms with Crippen molar-refractivity contribution in [3.63, 3.8) is 0 Å². The van der Waals surface area contributed by atoms with Crippen LogP contribution in [0.4, 0.5) is 17.1 Å². The molecule has 0 atom stereocenters. The van der Waals surface area contributed by atoms with Gasteiger partial charge in [0.25, 0.3) is 5.69 Å². The topological polar surface area (TPSA) is 124 Å². The van der Waals surface area contributed by atoms with Crippen molar-refractivity contribution in [1.82, 2.24) is 15.1 Å². The number of hydrogen-bond donors (Lipinski definition) is 2. The number of aromatic amines is 1. The van der Waals surface area contributed by atoms with Crippen LogP contribution in [0.15, 0.2) is 36.4 Å². The average molecular weight is 457 g/mol. The summed E-state index contributed by atoms with van der Waals surface area (Å²) >= 11 is 0. The van der Waals surface area contributed by atoms with Crippen LogP contribution in [0.3, 0.4) is 0 Å². The van der Waals surface area contributed by atoms with Gasteiger partial charge in [-0.2, -0.15) is 5.10 Å². The van der Waals surface area contributed by atoms with Gasteiger partial charge in [-0.15, -0.1) is 0 Å². The van der Waals surface area contributed by atoms with Gasteiger partial charge in [-0.1, -0.05) is 18.2 Å². The van der Waals surface area contributed by atoms with Crippen molar-refractivity contribution in [2.45, 2.75) is 0 Å². The first-order valence-electron chi connectivity index (χ1n) is 10.1. The van der Waals surface area contributed by atoms with Gasteiger partial charge >= 0.3 is 0 Å². The minimum atomic E-state index is -3.48. The predicted molar refractivity (Wildman–Crippen MR) is 126 cm³/mol. The van der Waals surface area contributed by atoms with Crippen molar-refractivity contribution < 1.29 is 13.3 Å². The largest absolute Gasteiger partial charge is 0.367 e. The number of likely N-dealkylation sites (N-methyl/N-ethyl adjacent to an activating group) is 1. The van der Waals surface area contributed by atoms with E-state index in [4.69, 9.17) is 0 Å². The zero-order valence-corrected chi connectivity index (χ0v) is 18.6. The lowest BCUT2D eigenvalue weighted by atomic mass is 10.1. The number of nitrogens with zero attached hydrogens (tertiary/aromatic N) is 4. The van der Waals surface area contributed by atoms with Crippen molar-refractivity contribution in [3.05, 3.63) is 57.8 Å². The first kappa shape index (κ1) is 21.8. The third-order valence-corrected chi connectivity index (χ3v) is 5.95. The quantitative estimate of drug-likeness (QED) is 0.432. The van der Waals surface area contributed by atoms with Gasteiger partial charge in [-0.05, 0) is 30.8 Å². The Morgan fingerprint density at radius 1 is 1.16 bits per heavy atom. The molecule has 2 heterocycles. The highest BCUT2D eigenvalue weighted by Crippen LogP contribution is 2.33. The second kappa shape index (κ2) is 8.60. The third-order valence-electron chi connectivity index (χ3n) is 5.36. The summed E-state index contributed by atoms with van der Waals surface area (Å²) in [6, 6.07) is 9.99. The van der Waals surface area contributed by atoms with Gasteiger partial charge in [0.2, 0.25) is 10.0 Å². The van der Waals surface area contributed by atoms with Gasteiger partial charge in [0, 0.05) is 43.7 Å². The number of non-ortho nitro benzene ring substituents is 1. The molecule has 3 aromatic rings. The molecule has 1 fully saturated rings. The number of nitrogens with one attached hydrogen (secondary N) is 2. The molecule has 1 saturated heterocycles. The van der Waals surface area contributed by atoms with Gasteiger partial charge in [-0.3, -0.25) is 19.9 Å². The van der Waals surface area contributed by atoms with Crippen LogP contribution in [0, 0.1) is 10.1 Å². The summed E-state index contributed by atoms with van der Waals surface area (Å²) in [6.45, 7) is 3.34. The molecule has 0 aliphatic carbocycles. The maximum atomic E-state index is 12.0. The molecular weight excluding hydrogens is 432 g/mol. The number of nitro groups is 1. The highest BCUT2D eigenvalue weighted by Gasteiger charge is 2.20. The molecule has 1 aliphatic rings. The average Bonchev–Trinajstić information content (AvgIpc) is 3.13. The maximum Gasteiger partial charge on any atom is 0.270 e. The fraction of sp³-hybridized carbons (Fsp3) is 0.286. The third kappa shape index (κ3) is 4.89. The minimum absolute atomic E-state index is 0.00972. The zero-order chi connectivity index (χ0) is 22.9. The monoisotopic (exact) mass is 456 g/mol. The molecule has 0 bridgehead atoms. The number of anilines is 2. The molecule has 0 spiro atoms. The molecule has 32 heavy (non-hydrogen) atoms. The summed E-state index contributed by atoms with van der Waals surface area (Å²) < 4.78 is 26.7. The van der Waals surface area contributed by atoms with Gasteiger partial charge in [-0.25, -0.2) is 8.42 Å². The summed E-state index contributed by atoms with van der Waals surface area (Å²) in [5, 5.41) is 19.1. The standard InChI is InChI=1S/C21H24N6O4S/c1-25-8-10-26(11-9-25)21-14-19-17(13-20(21)24-32(2,30)31)18(22-23-19)7-6-15-4-3-5-16(12-15)27(28)29/h3-7,12-14,24H,8-11H2,1-2H3,(H,22,23). The summed E-state index contributed by atoms with van der Waals surface area (Å²) in [4.78, 5) is 14.9. The van der Waals surface area contributed by atoms with Gasteiger partial charge in [0.05, 0.1) is 33.8 Å². The Kier molecular flexibility index (Phi) is 5.85. The Labute approximate surface area is 185 Å². The highest BCUT2D eigenvalue weighted by atomic mass is 32.2. The maximum absolute atomic E-state index is 12.0. The van der Waals surface area contributed by atoms with Crippen LogP contribution in [0.2, 0.25) is 0 Å². The molecule has 0 unspecified atom stereocenters. The Hall–Kier alpha value is -3.44. The number of sulfonamides is 1. The van der Waals surface area contributed by atoms with Crippen LogP contribution in [-0.4, -0.2) is 67.9 Å². The van der Waals surface area contributed by atoms with Gasteiger partial charge in [0.15, 0.2) is 0 Å². The number of rotatable bonds is 6. The van der Waals surface area contributed by atoms with Gasteiger partial charge in [0.1, 0.15) is 0 Å². The predicted octanol–water partition coefficient (Wildman–Crippen LogP) is 2.76. The zero-order valence-electron chi connectivity index (χ0n) is 17.8. The Balaban J connectivity index is 1.72. The van der Waals surface area contributed by atoms with E-state index in [9.17, 15) is 18.5 Å². The summed E-state index contributed by atoms with van der Waals surface area (Å²) in [6.07, 6.45) is 4.61. The van der Waals surface area contributed by atoms with E-state index < -0.39 is 14.9 Å². The molecular formula is C21H24N6O4S. The first-order chi connectivity index (χ1) is 15.2. The fourth-order valence-corrected chi connectivity index (χ4v) is 4.27. The van der Waals surface area contributed by atoms with Crippen LogP contribution in [0.25, 0.3) is 23.1 Å². The van der Waals surface area contributed by atoms with Crippen LogP contribution in [0.5, 0.6) is 0 Å². The van der Waals surface area contributed by atoms with Crippen molar-refractivity contribution in [2.75, 3.05) is 49.1 Å². The molecule has 168 valence electrons. The second-order valence-corrected chi connectivity index (χ2v) is 9.62. The smallest absolute Gasteiger partial charge is 0.270 e. The Bertz CT molecular complexity index is 1290. The summed E-state index contributed by atoms with van der Waals surface area (Å²) in [5.41, 5.74) is 3.35. The summed E-state index contributed by atoms with van der Waals surface area (Å²) in [5.74, 6) is 0. The minimum Gasteiger partial charge on any atom is -0.367 e. The number of nitro benzene ring substituents is 1. The van der Waals surface area contributed by atoms with Crippen LogP contribution >= 0.6 is 0 Å². The molecule has 2 aromatic carbocycles. The van der Waals surface area contributed by atoms with E-state index in [-0.39, 0.29) is 5.69 Å². The van der Waals surface area contributed by atoms with Crippen molar-refractivity contribution >= 4 is 50.1 Å². The van der Waals surface area contributed by atoms with E-state index in [1.807, 2.05) is 6.07 Å². The molecule has 0 amide bonds. The first-order valence-corrected chi connectivity index (χ1v) is 11.9. The SMILES string of the molecule is CN1CCN(c2cc3[nH]nc(C=Cc4cccc([N+](=O)[O-])c4)c3cc2NS(C)(=O)=O)CC1. The normalized spacial score (nSPS) is 15.5. The van der Waals surface area contributed by atoms with E-state index in [1.165, 1.54) is 12.1 Å². The lowest BCUT2D eigenvalue weighted by Crippen LogP contribution is -2.44. The second-order valence-electron chi connectivity index (χ2n) is 7.87. The molecule has 0 saturated carbocycles. The number of benzene rings is 2. The van der Waals surface area contributed by atoms with E-state index in [1.54, 1.807) is 30.4 Å². The van der Waals surface area contributed by atoms with E-state index in [0.717, 1.165) is 49.0 Å². The van der Waals surface area contributed by atoms with Crippen molar-refractivity contribution in [1.29, 1.82) is 0 Å². The molecule has 0 radical (unpaired) electrons. The lowest BCUT2D eigenvalue weighted by Gasteiger charge is -2.35. The Morgan fingerprint density at radius 3 is 2.59 bits per heavy atom. The van der Waals surface area contributed by atoms with E-state index >= 15 is 0 Å². The number of fused-ring (bicyclic) bond motifs is 1. The molecule has 11 heteroatoms. The Morgan fingerprint density at radius 2 is 1.91 bits per heavy atom. The number of aromatic nitrogens is 2. The summed E-state index contributed by atoms with van der Waals surface area (Å²) in [7, 11) is -1.42. The molecule has 1 aromatic heterocycles. The van der Waals surface area contributed by atoms with E-state index in [2.05, 4.69) is 31.8 Å². The molecule has 4 rings (SSSR count). The van der Waals surface area contributed by atoms with Crippen LogP contribution in [-0.2, 0) is 10.0 Å². The molecule has 10 nitrogen and oxygen atoms in total. The van der Waals surface area contributed by atoms with Crippen LogP contribution < -0.4 is 9.62 Å². The fourth-order valence-electron chi connectivity index (χ4n) is 3.71. The number of hydrogen-bond acceptors (Lipinski definition) is 7. The van der Waals surface area contributed by atoms with Crippen molar-refractivity contribution in [3.8, 4) is 0 Å². The van der Waals surface area contributed by atoms with Crippen LogP contribution in [0.1, 0.15) is 11.3 Å². The highest BCUT2D eigenvalue weighted by molar-refractivity contribution is 7.92. The molecule has 2 N–H and O–H groups in total. The van der Waals surface area contributed by atoms with E-state index in [0.29, 0.717) is 16.9 Å². The lowest BCUT2D eigenvalue weighted by molar-refractivity contribution is -0.384. The number of H-pyrrole nitrogens is 1.